The molecule has 0 saturated carbocycles. The first-order valence-electron chi connectivity index (χ1n) is 8.59. The van der Waals surface area contributed by atoms with Gasteiger partial charge >= 0.3 is 11.6 Å². The Hall–Kier alpha value is -3.54. The van der Waals surface area contributed by atoms with Crippen LogP contribution in [0.25, 0.3) is 17.0 Å². The van der Waals surface area contributed by atoms with Crippen LogP contribution >= 0.6 is 0 Å². The van der Waals surface area contributed by atoms with E-state index in [9.17, 15) is 9.59 Å². The Kier molecular flexibility index (Phi) is 5.49. The van der Waals surface area contributed by atoms with E-state index in [4.69, 9.17) is 18.6 Å². The van der Waals surface area contributed by atoms with Crippen molar-refractivity contribution in [2.75, 3.05) is 14.2 Å². The van der Waals surface area contributed by atoms with Gasteiger partial charge in [0.1, 0.15) is 22.8 Å². The van der Waals surface area contributed by atoms with Crippen molar-refractivity contribution in [1.82, 2.24) is 0 Å². The number of aryl methyl sites for hydroxylation is 2. The van der Waals surface area contributed by atoms with Crippen molar-refractivity contribution in [3.8, 4) is 17.2 Å². The molecule has 0 fully saturated rings. The maximum absolute atomic E-state index is 12.3. The molecule has 0 aliphatic carbocycles. The Labute approximate surface area is 162 Å². The summed E-state index contributed by atoms with van der Waals surface area (Å²) >= 11 is 0. The minimum Gasteiger partial charge on any atom is -0.497 e. The van der Waals surface area contributed by atoms with Gasteiger partial charge in [0.15, 0.2) is 0 Å². The molecule has 6 heteroatoms. The first kappa shape index (κ1) is 19.2. The fourth-order valence-corrected chi connectivity index (χ4v) is 2.88. The van der Waals surface area contributed by atoms with Crippen molar-refractivity contribution < 1.29 is 23.4 Å². The molecule has 6 nitrogen and oxygen atoms in total. The molecule has 1 heterocycles. The van der Waals surface area contributed by atoms with Crippen molar-refractivity contribution in [1.29, 1.82) is 0 Å². The number of hydrogen-bond acceptors (Lipinski definition) is 6. The first-order chi connectivity index (χ1) is 13.4. The van der Waals surface area contributed by atoms with Gasteiger partial charge < -0.3 is 18.6 Å². The van der Waals surface area contributed by atoms with Crippen molar-refractivity contribution in [3.63, 3.8) is 0 Å². The van der Waals surface area contributed by atoms with E-state index in [1.807, 2.05) is 6.92 Å². The van der Waals surface area contributed by atoms with Gasteiger partial charge in [-0.15, -0.1) is 0 Å². The van der Waals surface area contributed by atoms with Gasteiger partial charge in [0.25, 0.3) is 0 Å². The van der Waals surface area contributed by atoms with Gasteiger partial charge in [0.05, 0.1) is 14.2 Å². The van der Waals surface area contributed by atoms with Gasteiger partial charge in [-0.3, -0.25) is 0 Å². The Balaban J connectivity index is 1.87. The van der Waals surface area contributed by atoms with E-state index in [0.717, 1.165) is 10.9 Å². The van der Waals surface area contributed by atoms with E-state index >= 15 is 0 Å². The molecule has 3 rings (SSSR count). The molecule has 0 aliphatic rings. The number of carbonyl (C=O) groups excluding carboxylic acids is 1. The van der Waals surface area contributed by atoms with Crippen molar-refractivity contribution in [3.05, 3.63) is 69.6 Å². The minimum absolute atomic E-state index is 0.327. The van der Waals surface area contributed by atoms with Crippen LogP contribution < -0.4 is 19.8 Å². The van der Waals surface area contributed by atoms with Crippen LogP contribution in [-0.2, 0) is 4.79 Å². The largest absolute Gasteiger partial charge is 0.497 e. The van der Waals surface area contributed by atoms with Gasteiger partial charge in [-0.1, -0.05) is 0 Å². The molecule has 3 aromatic rings. The number of methoxy groups -OCH3 is 2. The van der Waals surface area contributed by atoms with Crippen LogP contribution in [-0.4, -0.2) is 20.2 Å². The van der Waals surface area contributed by atoms with Crippen LogP contribution in [0.15, 0.2) is 51.7 Å². The second kappa shape index (κ2) is 8.00. The molecule has 0 amide bonds. The number of carbonyl (C=O) groups is 1. The molecule has 0 radical (unpaired) electrons. The fraction of sp³-hybridized carbons (Fsp3) is 0.182. The monoisotopic (exact) mass is 380 g/mol. The molecule has 0 atom stereocenters. The van der Waals surface area contributed by atoms with E-state index in [2.05, 4.69) is 0 Å². The minimum atomic E-state index is -0.567. The first-order valence-corrected chi connectivity index (χ1v) is 8.59. The second-order valence-electron chi connectivity index (χ2n) is 6.18. The highest BCUT2D eigenvalue weighted by Crippen LogP contribution is 2.29. The van der Waals surface area contributed by atoms with E-state index < -0.39 is 11.6 Å². The Morgan fingerprint density at radius 3 is 2.46 bits per heavy atom. The third-order valence-electron chi connectivity index (χ3n) is 4.36. The van der Waals surface area contributed by atoms with E-state index in [-0.39, 0.29) is 0 Å². The van der Waals surface area contributed by atoms with Crippen LogP contribution in [0.2, 0.25) is 0 Å². The molecule has 0 N–H and O–H groups in total. The van der Waals surface area contributed by atoms with E-state index in [1.54, 1.807) is 57.6 Å². The zero-order chi connectivity index (χ0) is 20.3. The van der Waals surface area contributed by atoms with Crippen LogP contribution in [0.5, 0.6) is 17.2 Å². The summed E-state index contributed by atoms with van der Waals surface area (Å²) < 4.78 is 21.2. The lowest BCUT2D eigenvalue weighted by atomic mass is 10.1. The summed E-state index contributed by atoms with van der Waals surface area (Å²) in [6.07, 6.45) is 2.89. The molecule has 28 heavy (non-hydrogen) atoms. The molecule has 0 saturated heterocycles. The Morgan fingerprint density at radius 2 is 1.75 bits per heavy atom. The Morgan fingerprint density at radius 1 is 1.00 bits per heavy atom. The topological polar surface area (TPSA) is 75.0 Å². The van der Waals surface area contributed by atoms with Crippen LogP contribution in [0, 0.1) is 13.8 Å². The summed E-state index contributed by atoms with van der Waals surface area (Å²) in [5, 5.41) is 0.800. The van der Waals surface area contributed by atoms with Gasteiger partial charge in [-0.25, -0.2) is 9.59 Å². The molecule has 0 aliphatic heterocycles. The second-order valence-corrected chi connectivity index (χ2v) is 6.18. The van der Waals surface area contributed by atoms with Crippen molar-refractivity contribution >= 4 is 23.0 Å². The smallest absolute Gasteiger partial charge is 0.336 e. The summed E-state index contributed by atoms with van der Waals surface area (Å²) in [4.78, 5) is 23.9. The van der Waals surface area contributed by atoms with Crippen LogP contribution in [0.4, 0.5) is 0 Å². The number of esters is 1. The number of fused-ring (bicyclic) bond motifs is 1. The highest BCUT2D eigenvalue weighted by Gasteiger charge is 2.12. The summed E-state index contributed by atoms with van der Waals surface area (Å²) in [5.74, 6) is 1.00. The predicted octanol–water partition coefficient (Wildman–Crippen LogP) is 4.05. The lowest BCUT2D eigenvalue weighted by molar-refractivity contribution is -0.128. The maximum Gasteiger partial charge on any atom is 0.336 e. The van der Waals surface area contributed by atoms with E-state index in [1.165, 1.54) is 12.1 Å². The molecule has 1 aromatic heterocycles. The number of rotatable bonds is 5. The lowest BCUT2D eigenvalue weighted by Gasteiger charge is -2.09. The molecule has 0 spiro atoms. The molecule has 2 aromatic carbocycles. The molecule has 144 valence electrons. The van der Waals surface area contributed by atoms with Gasteiger partial charge in [-0.2, -0.15) is 0 Å². The highest BCUT2D eigenvalue weighted by molar-refractivity contribution is 5.91. The number of hydrogen-bond donors (Lipinski definition) is 0. The zero-order valence-corrected chi connectivity index (χ0v) is 16.1. The molecule has 0 bridgehead atoms. The SMILES string of the molecule is COc1ccc(OC)c(/C=C/C(=O)Oc2ccc3c(C)cc(=O)oc3c2C)c1. The number of ether oxygens (including phenoxy) is 3. The Bertz CT molecular complexity index is 1120. The van der Waals surface area contributed by atoms with Crippen molar-refractivity contribution in [2.45, 2.75) is 13.8 Å². The van der Waals surface area contributed by atoms with Crippen molar-refractivity contribution in [2.24, 2.45) is 0 Å². The van der Waals surface area contributed by atoms with Gasteiger partial charge in [-0.05, 0) is 55.8 Å². The molecular formula is C22H20O6. The summed E-state index contributed by atoms with van der Waals surface area (Å²) in [5.41, 5.74) is 2.03. The molecular weight excluding hydrogens is 360 g/mol. The third-order valence-corrected chi connectivity index (χ3v) is 4.36. The molecule has 0 unspecified atom stereocenters. The predicted molar refractivity (Wildman–Crippen MR) is 106 cm³/mol. The van der Waals surface area contributed by atoms with E-state index in [0.29, 0.717) is 34.0 Å². The maximum atomic E-state index is 12.3. The summed E-state index contributed by atoms with van der Waals surface area (Å²) in [6, 6.07) is 10.1. The fourth-order valence-electron chi connectivity index (χ4n) is 2.88. The quantitative estimate of drug-likeness (QED) is 0.288. The van der Waals surface area contributed by atoms with Gasteiger partial charge in [0.2, 0.25) is 0 Å². The standard InChI is InChI=1S/C22H20O6/c1-13-11-21(24)28-22-14(2)18(9-7-17(13)22)27-20(23)10-5-15-12-16(25-3)6-8-19(15)26-4/h5-12H,1-4H3/b10-5+. The average Bonchev–Trinajstić information content (AvgIpc) is 2.68. The summed E-state index contributed by atoms with van der Waals surface area (Å²) in [7, 11) is 3.11. The van der Waals surface area contributed by atoms with Gasteiger partial charge in [0, 0.05) is 28.7 Å². The van der Waals surface area contributed by atoms with Crippen LogP contribution in [0.3, 0.4) is 0 Å². The summed E-state index contributed by atoms with van der Waals surface area (Å²) in [6.45, 7) is 3.57. The van der Waals surface area contributed by atoms with Crippen LogP contribution in [0.1, 0.15) is 16.7 Å². The lowest BCUT2D eigenvalue weighted by Crippen LogP contribution is -2.06. The third kappa shape index (κ3) is 3.91. The zero-order valence-electron chi connectivity index (χ0n) is 16.1. The normalized spacial score (nSPS) is 11.0. The average molecular weight is 380 g/mol. The number of benzene rings is 2. The highest BCUT2D eigenvalue weighted by atomic mass is 16.5.